The molecule has 0 aliphatic carbocycles. The lowest BCUT2D eigenvalue weighted by molar-refractivity contribution is -0.385. The fourth-order valence-electron chi connectivity index (χ4n) is 2.50. The van der Waals surface area contributed by atoms with Crippen molar-refractivity contribution in [1.29, 1.82) is 0 Å². The molecule has 0 saturated heterocycles. The molecule has 3 aromatic rings. The standard InChI is InChI=1S/C19H13ClN2O3/c20-14-10-11-16(18(12-14)22(24)25)19(23)21-17-9-5-4-8-15(17)13-6-2-1-3-7-13/h1-12H,(H,21,23). The number of hydrogen-bond acceptors (Lipinski definition) is 3. The van der Waals surface area contributed by atoms with Crippen LogP contribution in [0.3, 0.4) is 0 Å². The second kappa shape index (κ2) is 7.15. The molecule has 25 heavy (non-hydrogen) atoms. The Hall–Kier alpha value is -3.18. The number of carbonyl (C=O) groups is 1. The van der Waals surface area contributed by atoms with Gasteiger partial charge in [-0.1, -0.05) is 60.1 Å². The molecule has 0 saturated carbocycles. The molecule has 1 N–H and O–H groups in total. The van der Waals surface area contributed by atoms with Gasteiger partial charge >= 0.3 is 0 Å². The third-order valence-corrected chi connectivity index (χ3v) is 3.90. The topological polar surface area (TPSA) is 72.2 Å². The van der Waals surface area contributed by atoms with Crippen LogP contribution in [0.2, 0.25) is 5.02 Å². The number of rotatable bonds is 4. The minimum Gasteiger partial charge on any atom is -0.321 e. The largest absolute Gasteiger partial charge is 0.321 e. The summed E-state index contributed by atoms with van der Waals surface area (Å²) in [5.74, 6) is -0.563. The number of nitro groups is 1. The van der Waals surface area contributed by atoms with Crippen molar-refractivity contribution in [1.82, 2.24) is 0 Å². The smallest absolute Gasteiger partial charge is 0.283 e. The normalized spacial score (nSPS) is 10.3. The van der Waals surface area contributed by atoms with E-state index in [4.69, 9.17) is 11.6 Å². The average molecular weight is 353 g/mol. The fraction of sp³-hybridized carbons (Fsp3) is 0. The molecule has 0 bridgehead atoms. The van der Waals surface area contributed by atoms with Crippen molar-refractivity contribution in [2.45, 2.75) is 0 Å². The Bertz CT molecular complexity index is 942. The zero-order chi connectivity index (χ0) is 17.8. The van der Waals surface area contributed by atoms with E-state index >= 15 is 0 Å². The van der Waals surface area contributed by atoms with Crippen molar-refractivity contribution >= 4 is 28.9 Å². The third-order valence-electron chi connectivity index (χ3n) is 3.66. The lowest BCUT2D eigenvalue weighted by Gasteiger charge is -2.11. The van der Waals surface area contributed by atoms with E-state index < -0.39 is 10.8 Å². The third kappa shape index (κ3) is 3.67. The summed E-state index contributed by atoms with van der Waals surface area (Å²) in [5.41, 5.74) is 1.96. The van der Waals surface area contributed by atoms with Crippen molar-refractivity contribution in [3.05, 3.63) is 93.5 Å². The van der Waals surface area contributed by atoms with E-state index in [2.05, 4.69) is 5.32 Å². The number of nitrogens with one attached hydrogen (secondary N) is 1. The Morgan fingerprint density at radius 2 is 1.64 bits per heavy atom. The summed E-state index contributed by atoms with van der Waals surface area (Å²) in [6, 6.07) is 20.8. The zero-order valence-corrected chi connectivity index (χ0v) is 13.7. The Labute approximate surface area is 149 Å². The van der Waals surface area contributed by atoms with Crippen LogP contribution in [0.15, 0.2) is 72.8 Å². The first-order valence-corrected chi connectivity index (χ1v) is 7.84. The number of para-hydroxylation sites is 1. The Morgan fingerprint density at radius 3 is 2.36 bits per heavy atom. The van der Waals surface area contributed by atoms with Crippen LogP contribution in [-0.2, 0) is 0 Å². The lowest BCUT2D eigenvalue weighted by atomic mass is 10.0. The van der Waals surface area contributed by atoms with E-state index in [1.54, 1.807) is 12.1 Å². The number of anilines is 1. The SMILES string of the molecule is O=C(Nc1ccccc1-c1ccccc1)c1ccc(Cl)cc1[N+](=O)[O-]. The van der Waals surface area contributed by atoms with E-state index in [9.17, 15) is 14.9 Å². The number of halogens is 1. The molecular formula is C19H13ClN2O3. The summed E-state index contributed by atoms with van der Waals surface area (Å²) in [5, 5.41) is 14.1. The minimum absolute atomic E-state index is 0.0442. The number of nitro benzene ring substituents is 1. The van der Waals surface area contributed by atoms with Crippen LogP contribution >= 0.6 is 11.6 Å². The van der Waals surface area contributed by atoms with E-state index in [-0.39, 0.29) is 16.3 Å². The highest BCUT2D eigenvalue weighted by atomic mass is 35.5. The summed E-state index contributed by atoms with van der Waals surface area (Å²) < 4.78 is 0. The number of benzene rings is 3. The van der Waals surface area contributed by atoms with Crippen molar-refractivity contribution in [2.75, 3.05) is 5.32 Å². The van der Waals surface area contributed by atoms with Crippen LogP contribution in [0, 0.1) is 10.1 Å². The fourth-order valence-corrected chi connectivity index (χ4v) is 2.67. The summed E-state index contributed by atoms with van der Waals surface area (Å²) >= 11 is 5.79. The molecule has 0 atom stereocenters. The van der Waals surface area contributed by atoms with Crippen molar-refractivity contribution in [3.8, 4) is 11.1 Å². The van der Waals surface area contributed by atoms with Gasteiger partial charge in [0.15, 0.2) is 0 Å². The molecule has 1 amide bonds. The molecule has 0 unspecified atom stereocenters. The zero-order valence-electron chi connectivity index (χ0n) is 13.0. The van der Waals surface area contributed by atoms with Crippen LogP contribution in [0.25, 0.3) is 11.1 Å². The molecule has 5 nitrogen and oxygen atoms in total. The summed E-state index contributed by atoms with van der Waals surface area (Å²) in [6.07, 6.45) is 0. The lowest BCUT2D eigenvalue weighted by Crippen LogP contribution is -2.14. The minimum atomic E-state index is -0.621. The van der Waals surface area contributed by atoms with Crippen LogP contribution in [0.1, 0.15) is 10.4 Å². The quantitative estimate of drug-likeness (QED) is 0.520. The second-order valence-electron chi connectivity index (χ2n) is 5.28. The van der Waals surface area contributed by atoms with Crippen LogP contribution < -0.4 is 5.32 Å². The van der Waals surface area contributed by atoms with Gasteiger partial charge in [-0.3, -0.25) is 14.9 Å². The van der Waals surface area contributed by atoms with Gasteiger partial charge in [0.05, 0.1) is 4.92 Å². The maximum absolute atomic E-state index is 12.6. The van der Waals surface area contributed by atoms with Gasteiger partial charge in [0.2, 0.25) is 0 Å². The van der Waals surface area contributed by atoms with E-state index in [0.29, 0.717) is 5.69 Å². The molecule has 0 aromatic heterocycles. The molecule has 0 fully saturated rings. The van der Waals surface area contributed by atoms with Gasteiger partial charge in [-0.25, -0.2) is 0 Å². The number of amides is 1. The van der Waals surface area contributed by atoms with Crippen molar-refractivity contribution in [2.24, 2.45) is 0 Å². The van der Waals surface area contributed by atoms with Crippen LogP contribution in [0.4, 0.5) is 11.4 Å². The van der Waals surface area contributed by atoms with Crippen molar-refractivity contribution in [3.63, 3.8) is 0 Å². The van der Waals surface area contributed by atoms with Gasteiger partial charge in [0.1, 0.15) is 5.56 Å². The maximum atomic E-state index is 12.6. The molecule has 0 spiro atoms. The monoisotopic (exact) mass is 352 g/mol. The van der Waals surface area contributed by atoms with Gasteiger partial charge in [-0.2, -0.15) is 0 Å². The molecular weight excluding hydrogens is 340 g/mol. The molecule has 3 rings (SSSR count). The summed E-state index contributed by atoms with van der Waals surface area (Å²) in [7, 11) is 0. The van der Waals surface area contributed by atoms with Crippen molar-refractivity contribution < 1.29 is 9.72 Å². The first kappa shape index (κ1) is 16.7. The van der Waals surface area contributed by atoms with Gasteiger partial charge in [-0.05, 0) is 23.8 Å². The highest BCUT2D eigenvalue weighted by molar-refractivity contribution is 6.31. The Kier molecular flexibility index (Phi) is 4.77. The van der Waals surface area contributed by atoms with Crippen LogP contribution in [-0.4, -0.2) is 10.8 Å². The second-order valence-corrected chi connectivity index (χ2v) is 5.72. The van der Waals surface area contributed by atoms with Gasteiger partial charge in [0.25, 0.3) is 11.6 Å². The predicted molar refractivity (Wildman–Crippen MR) is 97.9 cm³/mol. The van der Waals surface area contributed by atoms with E-state index in [1.807, 2.05) is 42.5 Å². The molecule has 124 valence electrons. The highest BCUT2D eigenvalue weighted by Gasteiger charge is 2.21. The first-order chi connectivity index (χ1) is 12.1. The van der Waals surface area contributed by atoms with Gasteiger partial charge < -0.3 is 5.32 Å². The van der Waals surface area contributed by atoms with Crippen LogP contribution in [0.5, 0.6) is 0 Å². The number of hydrogen-bond donors (Lipinski definition) is 1. The highest BCUT2D eigenvalue weighted by Crippen LogP contribution is 2.29. The first-order valence-electron chi connectivity index (χ1n) is 7.46. The average Bonchev–Trinajstić information content (AvgIpc) is 2.62. The maximum Gasteiger partial charge on any atom is 0.283 e. The van der Waals surface area contributed by atoms with E-state index in [0.717, 1.165) is 11.1 Å². The molecule has 3 aromatic carbocycles. The Morgan fingerprint density at radius 1 is 0.960 bits per heavy atom. The summed E-state index contributed by atoms with van der Waals surface area (Å²) in [4.78, 5) is 23.1. The molecule has 0 aliphatic heterocycles. The van der Waals surface area contributed by atoms with E-state index in [1.165, 1.54) is 18.2 Å². The number of nitrogens with zero attached hydrogens (tertiary/aromatic N) is 1. The molecule has 0 heterocycles. The summed E-state index contributed by atoms with van der Waals surface area (Å²) in [6.45, 7) is 0. The molecule has 6 heteroatoms. The molecule has 0 aliphatic rings. The van der Waals surface area contributed by atoms with Gasteiger partial charge in [-0.15, -0.1) is 0 Å². The predicted octanol–water partition coefficient (Wildman–Crippen LogP) is 5.17. The number of carbonyl (C=O) groups excluding carboxylic acids is 1. The Balaban J connectivity index is 1.97. The molecule has 0 radical (unpaired) electrons. The van der Waals surface area contributed by atoms with Gasteiger partial charge in [0, 0.05) is 22.3 Å².